The lowest BCUT2D eigenvalue weighted by Gasteiger charge is -2.30. The molecule has 20 heavy (non-hydrogen) atoms. The summed E-state index contributed by atoms with van der Waals surface area (Å²) in [4.78, 5) is 14.4. The quantitative estimate of drug-likeness (QED) is 0.753. The molecule has 0 aliphatic heterocycles. The first-order chi connectivity index (χ1) is 9.53. The number of hydrogen-bond donors (Lipinski definition) is 2. The van der Waals surface area contributed by atoms with Crippen molar-refractivity contribution in [2.75, 3.05) is 17.2 Å². The molecule has 0 saturated heterocycles. The fraction of sp³-hybridized carbons (Fsp3) is 0.562. The first kappa shape index (κ1) is 16.3. The standard InChI is InChI=1S/C16H27N3O/c1-5-14(6-2)18-16(20)12(4)19(7-3)15-10-8-9-13(17)11-15/h8-12,14H,5-7,17H2,1-4H3,(H,18,20). The van der Waals surface area contributed by atoms with Gasteiger partial charge in [0.15, 0.2) is 0 Å². The SMILES string of the molecule is CCC(CC)NC(=O)C(C)N(CC)c1cccc(N)c1. The molecular formula is C16H27N3O. The molecule has 0 aliphatic carbocycles. The molecule has 3 N–H and O–H groups in total. The highest BCUT2D eigenvalue weighted by atomic mass is 16.2. The van der Waals surface area contributed by atoms with Crippen LogP contribution < -0.4 is 16.0 Å². The molecule has 0 spiro atoms. The van der Waals surface area contributed by atoms with Crippen molar-refractivity contribution < 1.29 is 4.79 Å². The monoisotopic (exact) mass is 277 g/mol. The number of nitrogen functional groups attached to an aromatic ring is 1. The summed E-state index contributed by atoms with van der Waals surface area (Å²) in [6, 6.07) is 7.71. The molecule has 0 radical (unpaired) electrons. The van der Waals surface area contributed by atoms with Crippen LogP contribution in [0.1, 0.15) is 40.5 Å². The molecule has 0 saturated carbocycles. The van der Waals surface area contributed by atoms with Gasteiger partial charge in [0.2, 0.25) is 5.91 Å². The van der Waals surface area contributed by atoms with Gasteiger partial charge in [0, 0.05) is 24.0 Å². The Bertz CT molecular complexity index is 429. The number of likely N-dealkylation sites (N-methyl/N-ethyl adjacent to an activating group) is 1. The number of nitrogens with one attached hydrogen (secondary N) is 1. The van der Waals surface area contributed by atoms with E-state index in [-0.39, 0.29) is 18.0 Å². The molecule has 4 heteroatoms. The van der Waals surface area contributed by atoms with Gasteiger partial charge < -0.3 is 16.0 Å². The highest BCUT2D eigenvalue weighted by Crippen LogP contribution is 2.19. The second-order valence-corrected chi connectivity index (χ2v) is 5.08. The van der Waals surface area contributed by atoms with E-state index in [9.17, 15) is 4.79 Å². The third-order valence-corrected chi connectivity index (χ3v) is 3.72. The minimum atomic E-state index is -0.206. The Kier molecular flexibility index (Phi) is 6.36. The summed E-state index contributed by atoms with van der Waals surface area (Å²) < 4.78 is 0. The number of rotatable bonds is 7. The molecule has 1 atom stereocenters. The molecule has 112 valence electrons. The highest BCUT2D eigenvalue weighted by molar-refractivity contribution is 5.85. The Labute approximate surface area is 122 Å². The van der Waals surface area contributed by atoms with Crippen molar-refractivity contribution in [3.8, 4) is 0 Å². The van der Waals surface area contributed by atoms with Gasteiger partial charge in [-0.2, -0.15) is 0 Å². The van der Waals surface area contributed by atoms with E-state index in [1.54, 1.807) is 0 Å². The molecule has 0 aliphatic rings. The number of hydrogen-bond acceptors (Lipinski definition) is 3. The van der Waals surface area contributed by atoms with Gasteiger partial charge in [-0.25, -0.2) is 0 Å². The average molecular weight is 277 g/mol. The highest BCUT2D eigenvalue weighted by Gasteiger charge is 2.22. The summed E-state index contributed by atoms with van der Waals surface area (Å²) in [7, 11) is 0. The minimum Gasteiger partial charge on any atom is -0.399 e. The summed E-state index contributed by atoms with van der Waals surface area (Å²) in [6.07, 6.45) is 1.92. The normalized spacial score (nSPS) is 12.2. The lowest BCUT2D eigenvalue weighted by molar-refractivity contribution is -0.122. The Morgan fingerprint density at radius 2 is 1.95 bits per heavy atom. The van der Waals surface area contributed by atoms with E-state index in [1.807, 2.05) is 38.1 Å². The van der Waals surface area contributed by atoms with Crippen molar-refractivity contribution in [2.24, 2.45) is 0 Å². The molecule has 0 bridgehead atoms. The van der Waals surface area contributed by atoms with Crippen LogP contribution in [-0.2, 0) is 4.79 Å². The van der Waals surface area contributed by atoms with Crippen molar-refractivity contribution in [1.82, 2.24) is 5.32 Å². The van der Waals surface area contributed by atoms with E-state index in [4.69, 9.17) is 5.73 Å². The largest absolute Gasteiger partial charge is 0.399 e. The minimum absolute atomic E-state index is 0.0722. The Balaban J connectivity index is 2.81. The number of benzene rings is 1. The topological polar surface area (TPSA) is 58.4 Å². The van der Waals surface area contributed by atoms with Crippen molar-refractivity contribution in [2.45, 2.75) is 52.6 Å². The van der Waals surface area contributed by atoms with E-state index in [2.05, 4.69) is 24.1 Å². The molecule has 1 aromatic carbocycles. The van der Waals surface area contributed by atoms with E-state index >= 15 is 0 Å². The zero-order valence-electron chi connectivity index (χ0n) is 13.0. The number of nitrogens with zero attached hydrogens (tertiary/aromatic N) is 1. The van der Waals surface area contributed by atoms with Gasteiger partial charge in [-0.1, -0.05) is 19.9 Å². The van der Waals surface area contributed by atoms with Crippen molar-refractivity contribution >= 4 is 17.3 Å². The van der Waals surface area contributed by atoms with Crippen molar-refractivity contribution in [1.29, 1.82) is 0 Å². The van der Waals surface area contributed by atoms with Crippen molar-refractivity contribution in [3.63, 3.8) is 0 Å². The first-order valence-corrected chi connectivity index (χ1v) is 7.45. The predicted octanol–water partition coefficient (Wildman–Crippen LogP) is 2.79. The second kappa shape index (κ2) is 7.78. The van der Waals surface area contributed by atoms with E-state index in [1.165, 1.54) is 0 Å². The number of carbonyl (C=O) groups is 1. The van der Waals surface area contributed by atoms with Gasteiger partial charge in [-0.3, -0.25) is 4.79 Å². The molecule has 0 heterocycles. The van der Waals surface area contributed by atoms with Gasteiger partial charge in [-0.05, 0) is 44.9 Å². The molecule has 4 nitrogen and oxygen atoms in total. The number of anilines is 2. The summed E-state index contributed by atoms with van der Waals surface area (Å²) in [5.74, 6) is 0.0722. The summed E-state index contributed by atoms with van der Waals surface area (Å²) in [5.41, 5.74) is 7.53. The lowest BCUT2D eigenvalue weighted by Crippen LogP contribution is -2.48. The van der Waals surface area contributed by atoms with Crippen LogP contribution in [0.25, 0.3) is 0 Å². The van der Waals surface area contributed by atoms with Crippen LogP contribution in [0.5, 0.6) is 0 Å². The molecule has 0 fully saturated rings. The van der Waals surface area contributed by atoms with Gasteiger partial charge in [0.05, 0.1) is 0 Å². The Morgan fingerprint density at radius 1 is 1.30 bits per heavy atom. The third-order valence-electron chi connectivity index (χ3n) is 3.72. The maximum absolute atomic E-state index is 12.3. The average Bonchev–Trinajstić information content (AvgIpc) is 2.45. The Morgan fingerprint density at radius 3 is 2.45 bits per heavy atom. The predicted molar refractivity (Wildman–Crippen MR) is 85.8 cm³/mol. The fourth-order valence-corrected chi connectivity index (χ4v) is 2.34. The van der Waals surface area contributed by atoms with Crippen LogP contribution in [0.4, 0.5) is 11.4 Å². The molecule has 1 rings (SSSR count). The van der Waals surface area contributed by atoms with E-state index in [0.29, 0.717) is 5.69 Å². The van der Waals surface area contributed by atoms with Crippen LogP contribution in [0.2, 0.25) is 0 Å². The maximum atomic E-state index is 12.3. The summed E-state index contributed by atoms with van der Waals surface area (Å²) in [5, 5.41) is 3.10. The molecule has 1 amide bonds. The van der Waals surface area contributed by atoms with Gasteiger partial charge in [0.1, 0.15) is 6.04 Å². The molecule has 1 unspecified atom stereocenters. The maximum Gasteiger partial charge on any atom is 0.242 e. The lowest BCUT2D eigenvalue weighted by atomic mass is 10.1. The summed E-state index contributed by atoms with van der Waals surface area (Å²) >= 11 is 0. The number of amides is 1. The van der Waals surface area contributed by atoms with E-state index in [0.717, 1.165) is 25.1 Å². The van der Waals surface area contributed by atoms with Crippen LogP contribution in [0.3, 0.4) is 0 Å². The van der Waals surface area contributed by atoms with Gasteiger partial charge >= 0.3 is 0 Å². The fourth-order valence-electron chi connectivity index (χ4n) is 2.34. The van der Waals surface area contributed by atoms with Crippen LogP contribution in [0.15, 0.2) is 24.3 Å². The first-order valence-electron chi connectivity index (χ1n) is 7.45. The van der Waals surface area contributed by atoms with Crippen molar-refractivity contribution in [3.05, 3.63) is 24.3 Å². The van der Waals surface area contributed by atoms with Crippen LogP contribution >= 0.6 is 0 Å². The zero-order valence-corrected chi connectivity index (χ0v) is 13.0. The molecule has 0 aromatic heterocycles. The van der Waals surface area contributed by atoms with Crippen LogP contribution in [-0.4, -0.2) is 24.5 Å². The second-order valence-electron chi connectivity index (χ2n) is 5.08. The third kappa shape index (κ3) is 4.15. The zero-order chi connectivity index (χ0) is 15.1. The smallest absolute Gasteiger partial charge is 0.242 e. The van der Waals surface area contributed by atoms with E-state index < -0.39 is 0 Å². The molecular weight excluding hydrogens is 250 g/mol. The Hall–Kier alpha value is -1.71. The van der Waals surface area contributed by atoms with Crippen LogP contribution in [0, 0.1) is 0 Å². The van der Waals surface area contributed by atoms with Gasteiger partial charge in [0.25, 0.3) is 0 Å². The summed E-state index contributed by atoms with van der Waals surface area (Å²) in [6.45, 7) is 8.93. The molecule has 1 aromatic rings. The number of nitrogens with two attached hydrogens (primary N) is 1. The number of carbonyl (C=O) groups excluding carboxylic acids is 1. The van der Waals surface area contributed by atoms with Gasteiger partial charge in [-0.15, -0.1) is 0 Å².